The summed E-state index contributed by atoms with van der Waals surface area (Å²) in [6.07, 6.45) is 0.751. The van der Waals surface area contributed by atoms with Crippen LogP contribution < -0.4 is 0 Å². The van der Waals surface area contributed by atoms with Crippen LogP contribution in [0.25, 0.3) is 0 Å². The number of ether oxygens (including phenoxy) is 1. The maximum Gasteiger partial charge on any atom is 0.320 e. The molecule has 4 nitrogen and oxygen atoms in total. The maximum absolute atomic E-state index is 11.4. The summed E-state index contributed by atoms with van der Waals surface area (Å²) in [6, 6.07) is 2.54. The molecule has 0 rings (SSSR count). The van der Waals surface area contributed by atoms with E-state index in [-0.39, 0.29) is 17.4 Å². The first-order chi connectivity index (χ1) is 7.82. The summed E-state index contributed by atoms with van der Waals surface area (Å²) >= 11 is 0. The van der Waals surface area contributed by atoms with Gasteiger partial charge in [0.1, 0.15) is 0 Å². The number of hydrogen-bond donors (Lipinski definition) is 0. The number of carbonyl (C=O) groups excluding carboxylic acids is 1. The molecule has 0 spiro atoms. The Labute approximate surface area is 105 Å². The van der Waals surface area contributed by atoms with Crippen LogP contribution in [0.4, 0.5) is 0 Å². The molecule has 0 saturated heterocycles. The van der Waals surface area contributed by atoms with Crippen LogP contribution >= 0.6 is 0 Å². The number of esters is 1. The Hall–Kier alpha value is -1.08. The van der Waals surface area contributed by atoms with Crippen LogP contribution in [0, 0.1) is 16.7 Å². The van der Waals surface area contributed by atoms with Crippen molar-refractivity contribution >= 4 is 5.97 Å². The van der Waals surface area contributed by atoms with Crippen molar-refractivity contribution in [3.05, 3.63) is 0 Å². The normalized spacial score (nSPS) is 11.6. The summed E-state index contributed by atoms with van der Waals surface area (Å²) in [5, 5.41) is 8.95. The first-order valence-corrected chi connectivity index (χ1v) is 6.13. The van der Waals surface area contributed by atoms with E-state index in [1.165, 1.54) is 0 Å². The molecule has 0 radical (unpaired) electrons. The molecule has 0 atom stereocenters. The van der Waals surface area contributed by atoms with E-state index < -0.39 is 0 Å². The summed E-state index contributed by atoms with van der Waals surface area (Å²) < 4.78 is 4.94. The fourth-order valence-electron chi connectivity index (χ4n) is 1.37. The zero-order valence-electron chi connectivity index (χ0n) is 11.6. The van der Waals surface area contributed by atoms with Gasteiger partial charge in [0, 0.05) is 12.6 Å². The highest BCUT2D eigenvalue weighted by Gasteiger charge is 2.21. The van der Waals surface area contributed by atoms with E-state index in [2.05, 4.69) is 6.07 Å². The van der Waals surface area contributed by atoms with Crippen molar-refractivity contribution in [2.45, 2.75) is 47.1 Å². The van der Waals surface area contributed by atoms with E-state index in [9.17, 15) is 4.79 Å². The average molecular weight is 240 g/mol. The smallest absolute Gasteiger partial charge is 0.320 e. The van der Waals surface area contributed by atoms with E-state index in [1.807, 2.05) is 32.6 Å². The topological polar surface area (TPSA) is 53.3 Å². The number of carbonyl (C=O) groups is 1. The first-order valence-electron chi connectivity index (χ1n) is 6.13. The Balaban J connectivity index is 4.27. The third-order valence-corrected chi connectivity index (χ3v) is 2.69. The van der Waals surface area contributed by atoms with E-state index in [1.54, 1.807) is 6.92 Å². The van der Waals surface area contributed by atoms with Gasteiger partial charge in [-0.1, -0.05) is 0 Å². The largest absolute Gasteiger partial charge is 0.465 e. The molecule has 0 aliphatic heterocycles. The van der Waals surface area contributed by atoms with Gasteiger partial charge in [0.2, 0.25) is 0 Å². The standard InChI is InChI=1S/C13H24N2O2/c1-6-17-12(16)9-15(11(2)3)8-7-13(4,5)10-14/h11H,6-9H2,1-5H3. The van der Waals surface area contributed by atoms with Gasteiger partial charge in [-0.2, -0.15) is 5.26 Å². The van der Waals surface area contributed by atoms with E-state index >= 15 is 0 Å². The summed E-state index contributed by atoms with van der Waals surface area (Å²) in [4.78, 5) is 13.5. The molecule has 0 aliphatic carbocycles. The van der Waals surface area contributed by atoms with Crippen LogP contribution in [-0.2, 0) is 9.53 Å². The highest BCUT2D eigenvalue weighted by Crippen LogP contribution is 2.19. The van der Waals surface area contributed by atoms with E-state index in [0.717, 1.165) is 13.0 Å². The predicted octanol–water partition coefficient (Wildman–Crippen LogP) is 2.20. The Morgan fingerprint density at radius 2 is 2.06 bits per heavy atom. The molecule has 0 amide bonds. The summed E-state index contributed by atoms with van der Waals surface area (Å²) in [5.74, 6) is -0.198. The molecule has 98 valence electrons. The molecule has 0 unspecified atom stereocenters. The second kappa shape index (κ2) is 7.29. The quantitative estimate of drug-likeness (QED) is 0.640. The lowest BCUT2D eigenvalue weighted by Crippen LogP contribution is -2.38. The van der Waals surface area contributed by atoms with Gasteiger partial charge in [0.05, 0.1) is 24.6 Å². The predicted molar refractivity (Wildman–Crippen MR) is 67.4 cm³/mol. The SMILES string of the molecule is CCOC(=O)CN(CCC(C)(C)C#N)C(C)C. The Kier molecular flexibility index (Phi) is 6.82. The van der Waals surface area contributed by atoms with Gasteiger partial charge in [-0.15, -0.1) is 0 Å². The van der Waals surface area contributed by atoms with Gasteiger partial charge in [-0.3, -0.25) is 9.69 Å². The molecule has 0 saturated carbocycles. The van der Waals surface area contributed by atoms with Crippen molar-refractivity contribution in [3.8, 4) is 6.07 Å². The maximum atomic E-state index is 11.4. The lowest BCUT2D eigenvalue weighted by Gasteiger charge is -2.27. The van der Waals surface area contributed by atoms with Crippen LogP contribution in [-0.4, -0.2) is 36.6 Å². The van der Waals surface area contributed by atoms with Crippen LogP contribution in [0.5, 0.6) is 0 Å². The van der Waals surface area contributed by atoms with Gasteiger partial charge < -0.3 is 4.74 Å². The first kappa shape index (κ1) is 15.9. The summed E-state index contributed by atoms with van der Waals surface area (Å²) in [7, 11) is 0. The van der Waals surface area contributed by atoms with Gasteiger partial charge in [-0.25, -0.2) is 0 Å². The number of hydrogen-bond acceptors (Lipinski definition) is 4. The van der Waals surface area contributed by atoms with Crippen LogP contribution in [0.3, 0.4) is 0 Å². The molecule has 4 heteroatoms. The van der Waals surface area contributed by atoms with Crippen molar-refractivity contribution in [2.75, 3.05) is 19.7 Å². The van der Waals surface area contributed by atoms with Gasteiger partial charge in [-0.05, 0) is 41.0 Å². The minimum absolute atomic E-state index is 0.198. The van der Waals surface area contributed by atoms with Crippen molar-refractivity contribution in [3.63, 3.8) is 0 Å². The fourth-order valence-corrected chi connectivity index (χ4v) is 1.37. The number of nitrogens with zero attached hydrogens (tertiary/aromatic N) is 2. The summed E-state index contributed by atoms with van der Waals surface area (Å²) in [6.45, 7) is 11.2. The molecule has 0 aliphatic rings. The lowest BCUT2D eigenvalue weighted by molar-refractivity contribution is -0.145. The van der Waals surface area contributed by atoms with Gasteiger partial charge >= 0.3 is 5.97 Å². The average Bonchev–Trinajstić information content (AvgIpc) is 2.24. The molecule has 0 aromatic heterocycles. The molecule has 17 heavy (non-hydrogen) atoms. The molecule has 0 aromatic rings. The molecule has 0 N–H and O–H groups in total. The molecular weight excluding hydrogens is 216 g/mol. The third kappa shape index (κ3) is 6.96. The zero-order valence-corrected chi connectivity index (χ0v) is 11.6. The Bertz CT molecular complexity index is 280. The lowest BCUT2D eigenvalue weighted by atomic mass is 9.91. The van der Waals surface area contributed by atoms with Crippen LogP contribution in [0.15, 0.2) is 0 Å². The third-order valence-electron chi connectivity index (χ3n) is 2.69. The van der Waals surface area contributed by atoms with Crippen molar-refractivity contribution in [2.24, 2.45) is 5.41 Å². The van der Waals surface area contributed by atoms with Crippen molar-refractivity contribution in [1.29, 1.82) is 5.26 Å². The molecule has 0 heterocycles. The zero-order chi connectivity index (χ0) is 13.5. The van der Waals surface area contributed by atoms with Crippen molar-refractivity contribution in [1.82, 2.24) is 4.90 Å². The Morgan fingerprint density at radius 3 is 2.47 bits per heavy atom. The number of nitriles is 1. The molecule has 0 aromatic carbocycles. The second-order valence-corrected chi connectivity index (χ2v) is 5.11. The second-order valence-electron chi connectivity index (χ2n) is 5.11. The van der Waals surface area contributed by atoms with Crippen LogP contribution in [0.1, 0.15) is 41.0 Å². The monoisotopic (exact) mass is 240 g/mol. The molecular formula is C13H24N2O2. The highest BCUT2D eigenvalue weighted by atomic mass is 16.5. The Morgan fingerprint density at radius 1 is 1.47 bits per heavy atom. The van der Waals surface area contributed by atoms with Crippen LogP contribution in [0.2, 0.25) is 0 Å². The number of rotatable bonds is 7. The van der Waals surface area contributed by atoms with E-state index in [4.69, 9.17) is 10.00 Å². The molecule has 0 bridgehead atoms. The van der Waals surface area contributed by atoms with Gasteiger partial charge in [0.15, 0.2) is 0 Å². The van der Waals surface area contributed by atoms with E-state index in [0.29, 0.717) is 13.2 Å². The van der Waals surface area contributed by atoms with Gasteiger partial charge in [0.25, 0.3) is 0 Å². The minimum Gasteiger partial charge on any atom is -0.465 e. The highest BCUT2D eigenvalue weighted by molar-refractivity contribution is 5.71. The molecule has 0 fully saturated rings. The van der Waals surface area contributed by atoms with Crippen molar-refractivity contribution < 1.29 is 9.53 Å². The fraction of sp³-hybridized carbons (Fsp3) is 0.846. The summed E-state index contributed by atoms with van der Waals surface area (Å²) in [5.41, 5.74) is -0.345. The minimum atomic E-state index is -0.345.